The number of hydrogen-bond acceptors (Lipinski definition) is 3. The molecule has 0 amide bonds. The minimum Gasteiger partial charge on any atom is -0.211 e. The zero-order valence-electron chi connectivity index (χ0n) is 8.36. The zero-order chi connectivity index (χ0) is 10.6. The van der Waals surface area contributed by atoms with Gasteiger partial charge in [0.05, 0.1) is 6.07 Å². The van der Waals surface area contributed by atoms with Crippen LogP contribution in [0, 0.1) is 11.3 Å². The van der Waals surface area contributed by atoms with E-state index in [0.717, 1.165) is 25.7 Å². The van der Waals surface area contributed by atoms with Crippen LogP contribution in [0.25, 0.3) is 0 Å². The zero-order valence-corrected chi connectivity index (χ0v) is 9.18. The van der Waals surface area contributed by atoms with Crippen molar-refractivity contribution in [3.8, 4) is 6.07 Å². The molecule has 1 rings (SSSR count). The first-order chi connectivity index (χ1) is 6.60. The summed E-state index contributed by atoms with van der Waals surface area (Å²) < 4.78 is 25.8. The molecule has 0 aliphatic heterocycles. The van der Waals surface area contributed by atoms with Crippen LogP contribution in [-0.2, 0) is 10.0 Å². The number of nitrogens with zero attached hydrogens (tertiary/aromatic N) is 1. The molecule has 0 bridgehead atoms. The van der Waals surface area contributed by atoms with Crippen molar-refractivity contribution in [3.63, 3.8) is 0 Å². The van der Waals surface area contributed by atoms with Gasteiger partial charge < -0.3 is 0 Å². The Hall–Kier alpha value is -0.600. The van der Waals surface area contributed by atoms with Crippen molar-refractivity contribution in [2.75, 3.05) is 0 Å². The van der Waals surface area contributed by atoms with Crippen molar-refractivity contribution in [1.82, 2.24) is 4.72 Å². The number of hydrogen-bond donors (Lipinski definition) is 1. The van der Waals surface area contributed by atoms with Crippen molar-refractivity contribution < 1.29 is 8.42 Å². The van der Waals surface area contributed by atoms with E-state index in [1.54, 1.807) is 6.92 Å². The van der Waals surface area contributed by atoms with E-state index in [1.165, 1.54) is 0 Å². The highest BCUT2D eigenvalue weighted by Gasteiger charge is 2.27. The van der Waals surface area contributed by atoms with E-state index in [1.807, 2.05) is 6.07 Å². The van der Waals surface area contributed by atoms with Gasteiger partial charge in [-0.3, -0.25) is 0 Å². The number of sulfonamides is 1. The SMILES string of the molecule is CCC(C#N)S(=O)(=O)NC1CCCC1. The molecule has 0 spiro atoms. The van der Waals surface area contributed by atoms with E-state index < -0.39 is 15.3 Å². The second-order valence-corrected chi connectivity index (χ2v) is 5.56. The third-order valence-corrected chi connectivity index (χ3v) is 4.43. The third kappa shape index (κ3) is 2.69. The Morgan fingerprint density at radius 3 is 2.50 bits per heavy atom. The van der Waals surface area contributed by atoms with Crippen molar-refractivity contribution in [2.24, 2.45) is 0 Å². The molecule has 0 radical (unpaired) electrons. The van der Waals surface area contributed by atoms with Crippen molar-refractivity contribution in [2.45, 2.75) is 50.3 Å². The minimum absolute atomic E-state index is 0.0578. The molecule has 1 atom stereocenters. The quantitative estimate of drug-likeness (QED) is 0.766. The lowest BCUT2D eigenvalue weighted by atomic mass is 10.3. The van der Waals surface area contributed by atoms with Gasteiger partial charge in [0, 0.05) is 6.04 Å². The molecular formula is C9H16N2O2S. The fraction of sp³-hybridized carbons (Fsp3) is 0.889. The molecule has 14 heavy (non-hydrogen) atoms. The molecule has 1 aliphatic rings. The summed E-state index contributed by atoms with van der Waals surface area (Å²) >= 11 is 0. The van der Waals surface area contributed by atoms with Gasteiger partial charge in [0.2, 0.25) is 10.0 Å². The molecule has 0 aromatic heterocycles. The molecule has 1 N–H and O–H groups in total. The van der Waals surface area contributed by atoms with Crippen LogP contribution in [0.1, 0.15) is 39.0 Å². The van der Waals surface area contributed by atoms with Crippen LogP contribution in [0.15, 0.2) is 0 Å². The lowest BCUT2D eigenvalue weighted by Crippen LogP contribution is -2.38. The normalized spacial score (nSPS) is 20.6. The lowest BCUT2D eigenvalue weighted by Gasteiger charge is -2.14. The molecule has 1 fully saturated rings. The van der Waals surface area contributed by atoms with E-state index in [-0.39, 0.29) is 6.04 Å². The Labute approximate surface area is 85.4 Å². The summed E-state index contributed by atoms with van der Waals surface area (Å²) in [6.07, 6.45) is 4.31. The maximum absolute atomic E-state index is 11.6. The summed E-state index contributed by atoms with van der Waals surface area (Å²) in [4.78, 5) is 0. The van der Waals surface area contributed by atoms with Gasteiger partial charge in [0.15, 0.2) is 5.25 Å². The number of nitrogens with one attached hydrogen (secondary N) is 1. The van der Waals surface area contributed by atoms with Gasteiger partial charge in [0.25, 0.3) is 0 Å². The predicted molar refractivity (Wildman–Crippen MR) is 54.0 cm³/mol. The van der Waals surface area contributed by atoms with Crippen LogP contribution in [0.4, 0.5) is 0 Å². The standard InChI is InChI=1S/C9H16N2O2S/c1-2-9(7-10)14(12,13)11-8-5-3-4-6-8/h8-9,11H,2-6H2,1H3. The lowest BCUT2D eigenvalue weighted by molar-refractivity contribution is 0.544. The Bertz CT molecular complexity index is 312. The van der Waals surface area contributed by atoms with Crippen LogP contribution >= 0.6 is 0 Å². The topological polar surface area (TPSA) is 70.0 Å². The van der Waals surface area contributed by atoms with Crippen molar-refractivity contribution in [1.29, 1.82) is 5.26 Å². The summed E-state index contributed by atoms with van der Waals surface area (Å²) in [5.74, 6) is 0. The van der Waals surface area contributed by atoms with E-state index in [9.17, 15) is 8.42 Å². The van der Waals surface area contributed by atoms with Crippen LogP contribution in [0.5, 0.6) is 0 Å². The van der Waals surface area contributed by atoms with Gasteiger partial charge in [-0.15, -0.1) is 0 Å². The summed E-state index contributed by atoms with van der Waals surface area (Å²) in [5, 5.41) is 7.77. The molecule has 0 heterocycles. The summed E-state index contributed by atoms with van der Waals surface area (Å²) in [6, 6.07) is 1.87. The van der Waals surface area contributed by atoms with Gasteiger partial charge >= 0.3 is 0 Å². The second kappa shape index (κ2) is 4.76. The number of nitriles is 1. The van der Waals surface area contributed by atoms with Crippen LogP contribution < -0.4 is 4.72 Å². The monoisotopic (exact) mass is 216 g/mol. The molecule has 1 aliphatic carbocycles. The van der Waals surface area contributed by atoms with E-state index in [0.29, 0.717) is 6.42 Å². The first kappa shape index (κ1) is 11.5. The van der Waals surface area contributed by atoms with Crippen LogP contribution in [0.3, 0.4) is 0 Å². The predicted octanol–water partition coefficient (Wildman–Crippen LogP) is 1.15. The molecule has 80 valence electrons. The van der Waals surface area contributed by atoms with E-state index in [2.05, 4.69) is 4.72 Å². The first-order valence-electron chi connectivity index (χ1n) is 5.01. The van der Waals surface area contributed by atoms with Gasteiger partial charge in [0.1, 0.15) is 0 Å². The molecular weight excluding hydrogens is 200 g/mol. The Morgan fingerprint density at radius 1 is 1.50 bits per heavy atom. The average Bonchev–Trinajstić information content (AvgIpc) is 2.57. The summed E-state index contributed by atoms with van der Waals surface area (Å²) in [7, 11) is -3.42. The molecule has 0 aromatic rings. The molecule has 1 unspecified atom stereocenters. The Morgan fingerprint density at radius 2 is 2.07 bits per heavy atom. The second-order valence-electron chi connectivity index (χ2n) is 3.67. The fourth-order valence-electron chi connectivity index (χ4n) is 1.74. The molecule has 0 aromatic carbocycles. The highest BCUT2D eigenvalue weighted by molar-refractivity contribution is 7.90. The molecule has 0 saturated heterocycles. The van der Waals surface area contributed by atoms with Gasteiger partial charge in [-0.25, -0.2) is 13.1 Å². The Balaban J connectivity index is 2.61. The maximum atomic E-state index is 11.6. The molecule has 1 saturated carbocycles. The fourth-order valence-corrected chi connectivity index (χ4v) is 3.18. The van der Waals surface area contributed by atoms with Crippen LogP contribution in [-0.4, -0.2) is 19.7 Å². The summed E-state index contributed by atoms with van der Waals surface area (Å²) in [6.45, 7) is 1.71. The third-order valence-electron chi connectivity index (χ3n) is 2.58. The first-order valence-corrected chi connectivity index (χ1v) is 6.55. The van der Waals surface area contributed by atoms with Gasteiger partial charge in [-0.1, -0.05) is 19.8 Å². The minimum atomic E-state index is -3.42. The largest absolute Gasteiger partial charge is 0.228 e. The Kier molecular flexibility index (Phi) is 3.90. The van der Waals surface area contributed by atoms with Gasteiger partial charge in [-0.05, 0) is 19.3 Å². The number of rotatable bonds is 4. The highest BCUT2D eigenvalue weighted by atomic mass is 32.2. The summed E-state index contributed by atoms with van der Waals surface area (Å²) in [5.41, 5.74) is 0. The molecule has 5 heteroatoms. The molecule has 4 nitrogen and oxygen atoms in total. The van der Waals surface area contributed by atoms with Crippen molar-refractivity contribution >= 4 is 10.0 Å². The van der Waals surface area contributed by atoms with E-state index >= 15 is 0 Å². The van der Waals surface area contributed by atoms with Crippen molar-refractivity contribution in [3.05, 3.63) is 0 Å². The van der Waals surface area contributed by atoms with Gasteiger partial charge in [-0.2, -0.15) is 5.26 Å². The average molecular weight is 216 g/mol. The smallest absolute Gasteiger partial charge is 0.211 e. The highest BCUT2D eigenvalue weighted by Crippen LogP contribution is 2.19. The van der Waals surface area contributed by atoms with E-state index in [4.69, 9.17) is 5.26 Å². The van der Waals surface area contributed by atoms with Crippen LogP contribution in [0.2, 0.25) is 0 Å². The maximum Gasteiger partial charge on any atom is 0.228 e.